The molecule has 1 fully saturated rings. The van der Waals surface area contributed by atoms with E-state index in [1.54, 1.807) is 6.92 Å². The highest BCUT2D eigenvalue weighted by Crippen LogP contribution is 2.18. The summed E-state index contributed by atoms with van der Waals surface area (Å²) in [5.41, 5.74) is 0. The summed E-state index contributed by atoms with van der Waals surface area (Å²) < 4.78 is 42.1. The summed E-state index contributed by atoms with van der Waals surface area (Å²) in [6.07, 6.45) is -3.94. The Morgan fingerprint density at radius 2 is 2.15 bits per heavy atom. The second-order valence-electron chi connectivity index (χ2n) is 4.73. The van der Waals surface area contributed by atoms with Gasteiger partial charge < -0.3 is 20.1 Å². The number of rotatable bonds is 5. The second-order valence-corrected chi connectivity index (χ2v) is 4.73. The molecular formula is C11H17F3N2O4. The zero-order valence-electron chi connectivity index (χ0n) is 10.9. The normalized spacial score (nSPS) is 20.5. The maximum absolute atomic E-state index is 12.3. The van der Waals surface area contributed by atoms with Crippen LogP contribution in [0.3, 0.4) is 0 Å². The first-order chi connectivity index (χ1) is 9.19. The molecule has 1 saturated heterocycles. The van der Waals surface area contributed by atoms with Gasteiger partial charge in [-0.25, -0.2) is 4.79 Å². The Morgan fingerprint density at radius 1 is 1.50 bits per heavy atom. The predicted molar refractivity (Wildman–Crippen MR) is 62.2 cm³/mol. The van der Waals surface area contributed by atoms with E-state index < -0.39 is 31.3 Å². The highest BCUT2D eigenvalue weighted by molar-refractivity contribution is 5.80. The molecule has 20 heavy (non-hydrogen) atoms. The van der Waals surface area contributed by atoms with E-state index in [9.17, 15) is 22.8 Å². The van der Waals surface area contributed by atoms with E-state index in [0.29, 0.717) is 19.6 Å². The molecule has 6 nitrogen and oxygen atoms in total. The number of carboxylic acids is 1. The molecule has 1 rings (SSSR count). The molecule has 0 radical (unpaired) electrons. The fourth-order valence-electron chi connectivity index (χ4n) is 1.93. The molecule has 9 heteroatoms. The molecule has 0 aromatic heterocycles. The molecule has 0 saturated carbocycles. The quantitative estimate of drug-likeness (QED) is 0.796. The number of hydrogen-bond donors (Lipinski definition) is 2. The molecule has 1 aliphatic rings. The fourth-order valence-corrected chi connectivity index (χ4v) is 1.93. The van der Waals surface area contributed by atoms with Crippen LogP contribution in [-0.4, -0.2) is 60.5 Å². The number of halogens is 3. The number of alkyl halides is 3. The Hall–Kier alpha value is -1.51. The highest BCUT2D eigenvalue weighted by Gasteiger charge is 2.35. The highest BCUT2D eigenvalue weighted by atomic mass is 19.4. The molecule has 0 bridgehead atoms. The summed E-state index contributed by atoms with van der Waals surface area (Å²) in [5.74, 6) is -1.47. The summed E-state index contributed by atoms with van der Waals surface area (Å²) in [6, 6.07) is -1.42. The van der Waals surface area contributed by atoms with Crippen molar-refractivity contribution in [2.75, 3.05) is 26.3 Å². The number of carboxylic acid groups (broad SMARTS) is 1. The number of nitrogens with one attached hydrogen (secondary N) is 1. The lowest BCUT2D eigenvalue weighted by molar-refractivity contribution is -0.149. The van der Waals surface area contributed by atoms with Crippen molar-refractivity contribution >= 4 is 12.0 Å². The number of nitrogens with zero attached hydrogens (tertiary/aromatic N) is 1. The number of amides is 2. The van der Waals surface area contributed by atoms with Crippen LogP contribution in [-0.2, 0) is 9.53 Å². The number of ether oxygens (including phenoxy) is 1. The number of carbonyl (C=O) groups is 2. The largest absolute Gasteiger partial charge is 0.480 e. The maximum Gasteiger partial charge on any atom is 0.406 e. The van der Waals surface area contributed by atoms with Crippen molar-refractivity contribution in [3.05, 3.63) is 0 Å². The summed E-state index contributed by atoms with van der Waals surface area (Å²) >= 11 is 0. The predicted octanol–water partition coefficient (Wildman–Crippen LogP) is 1.07. The maximum atomic E-state index is 12.3. The zero-order chi connectivity index (χ0) is 15.3. The summed E-state index contributed by atoms with van der Waals surface area (Å²) in [4.78, 5) is 22.5. The Kier molecular flexibility index (Phi) is 5.61. The van der Waals surface area contributed by atoms with Crippen molar-refractivity contribution in [2.45, 2.75) is 25.6 Å². The molecule has 2 N–H and O–H groups in total. The second kappa shape index (κ2) is 6.78. The van der Waals surface area contributed by atoms with Crippen LogP contribution in [0.5, 0.6) is 0 Å². The lowest BCUT2D eigenvalue weighted by Crippen LogP contribution is -2.50. The third-order valence-corrected chi connectivity index (χ3v) is 3.01. The first kappa shape index (κ1) is 16.5. The Balaban J connectivity index is 2.59. The minimum absolute atomic E-state index is 0.0246. The average Bonchev–Trinajstić information content (AvgIpc) is 2.78. The van der Waals surface area contributed by atoms with Gasteiger partial charge in [-0.2, -0.15) is 13.2 Å². The van der Waals surface area contributed by atoms with Crippen molar-refractivity contribution in [2.24, 2.45) is 5.92 Å². The van der Waals surface area contributed by atoms with Gasteiger partial charge in [-0.15, -0.1) is 0 Å². The molecule has 0 spiro atoms. The Morgan fingerprint density at radius 3 is 2.60 bits per heavy atom. The van der Waals surface area contributed by atoms with Crippen LogP contribution in [0.4, 0.5) is 18.0 Å². The van der Waals surface area contributed by atoms with Crippen molar-refractivity contribution in [3.63, 3.8) is 0 Å². The van der Waals surface area contributed by atoms with E-state index in [0.717, 1.165) is 0 Å². The van der Waals surface area contributed by atoms with Gasteiger partial charge in [-0.3, -0.25) is 4.79 Å². The van der Waals surface area contributed by atoms with Crippen LogP contribution in [0.15, 0.2) is 0 Å². The van der Waals surface area contributed by atoms with E-state index in [1.165, 1.54) is 0 Å². The van der Waals surface area contributed by atoms with Crippen molar-refractivity contribution in [1.82, 2.24) is 10.2 Å². The van der Waals surface area contributed by atoms with Gasteiger partial charge in [0.2, 0.25) is 0 Å². The monoisotopic (exact) mass is 298 g/mol. The topological polar surface area (TPSA) is 78.9 Å². The summed E-state index contributed by atoms with van der Waals surface area (Å²) in [7, 11) is 0. The number of urea groups is 1. The van der Waals surface area contributed by atoms with Gasteiger partial charge in [0.25, 0.3) is 0 Å². The molecule has 1 aliphatic heterocycles. The number of hydrogen-bond acceptors (Lipinski definition) is 3. The van der Waals surface area contributed by atoms with E-state index in [1.807, 2.05) is 0 Å². The van der Waals surface area contributed by atoms with Crippen LogP contribution in [0.25, 0.3) is 0 Å². The van der Waals surface area contributed by atoms with Crippen LogP contribution < -0.4 is 5.32 Å². The molecule has 0 aromatic rings. The standard InChI is InChI=1S/C11H17F3N2O4/c1-7(8-2-3-20-5-8)15-10(19)16(4-9(17)18)6-11(12,13)14/h7-8H,2-6H2,1H3,(H,15,19)(H,17,18). The fraction of sp³-hybridized carbons (Fsp3) is 0.818. The van der Waals surface area contributed by atoms with Crippen LogP contribution in [0.2, 0.25) is 0 Å². The van der Waals surface area contributed by atoms with Gasteiger partial charge in [-0.1, -0.05) is 0 Å². The van der Waals surface area contributed by atoms with Crippen molar-refractivity contribution in [3.8, 4) is 0 Å². The first-order valence-corrected chi connectivity index (χ1v) is 6.11. The van der Waals surface area contributed by atoms with Crippen LogP contribution in [0.1, 0.15) is 13.3 Å². The number of aliphatic carboxylic acids is 1. The Bertz CT molecular complexity index is 356. The average molecular weight is 298 g/mol. The third kappa shape index (κ3) is 5.64. The molecule has 2 unspecified atom stereocenters. The zero-order valence-corrected chi connectivity index (χ0v) is 10.9. The lowest BCUT2D eigenvalue weighted by atomic mass is 10.0. The molecule has 1 heterocycles. The van der Waals surface area contributed by atoms with Crippen LogP contribution >= 0.6 is 0 Å². The van der Waals surface area contributed by atoms with E-state index in [2.05, 4.69) is 5.32 Å². The van der Waals surface area contributed by atoms with E-state index in [4.69, 9.17) is 9.84 Å². The Labute approximate surface area is 113 Å². The van der Waals surface area contributed by atoms with Gasteiger partial charge in [0.1, 0.15) is 13.1 Å². The molecule has 0 aliphatic carbocycles. The minimum atomic E-state index is -4.65. The smallest absolute Gasteiger partial charge is 0.406 e. The molecule has 2 atom stereocenters. The minimum Gasteiger partial charge on any atom is -0.480 e. The molecule has 116 valence electrons. The summed E-state index contributed by atoms with van der Waals surface area (Å²) in [5, 5.41) is 11.0. The van der Waals surface area contributed by atoms with Gasteiger partial charge in [0, 0.05) is 18.6 Å². The first-order valence-electron chi connectivity index (χ1n) is 6.11. The van der Waals surface area contributed by atoms with Gasteiger partial charge in [-0.05, 0) is 13.3 Å². The third-order valence-electron chi connectivity index (χ3n) is 3.01. The van der Waals surface area contributed by atoms with Gasteiger partial charge in [0.05, 0.1) is 6.61 Å². The van der Waals surface area contributed by atoms with Gasteiger partial charge in [0.15, 0.2) is 0 Å². The number of carbonyl (C=O) groups excluding carboxylic acids is 1. The lowest BCUT2D eigenvalue weighted by Gasteiger charge is -2.26. The van der Waals surface area contributed by atoms with Crippen molar-refractivity contribution in [1.29, 1.82) is 0 Å². The van der Waals surface area contributed by atoms with Gasteiger partial charge >= 0.3 is 18.2 Å². The molecular weight excluding hydrogens is 281 g/mol. The SMILES string of the molecule is CC(NC(=O)N(CC(=O)O)CC(F)(F)F)C1CCOC1. The summed E-state index contributed by atoms with van der Waals surface area (Å²) in [6.45, 7) is 0.0357. The molecule has 0 aromatic carbocycles. The van der Waals surface area contributed by atoms with E-state index >= 15 is 0 Å². The molecule has 2 amide bonds. The van der Waals surface area contributed by atoms with E-state index in [-0.39, 0.29) is 16.9 Å². The van der Waals surface area contributed by atoms with Crippen LogP contribution in [0, 0.1) is 5.92 Å². The van der Waals surface area contributed by atoms with Crippen molar-refractivity contribution < 1.29 is 32.6 Å².